The van der Waals surface area contributed by atoms with E-state index in [0.29, 0.717) is 18.9 Å². The van der Waals surface area contributed by atoms with Gasteiger partial charge in [-0.25, -0.2) is 0 Å². The Balaban J connectivity index is 1.83. The Kier molecular flexibility index (Phi) is 4.13. The van der Waals surface area contributed by atoms with Gasteiger partial charge in [0, 0.05) is 12.1 Å². The van der Waals surface area contributed by atoms with Crippen molar-refractivity contribution in [3.8, 4) is 0 Å². The third-order valence-electron chi connectivity index (χ3n) is 3.88. The number of hydrogen-bond acceptors (Lipinski definition) is 1. The molecule has 3 atom stereocenters. The van der Waals surface area contributed by atoms with E-state index in [1.807, 2.05) is 0 Å². The number of hydrogen-bond donors (Lipinski definition) is 1. The van der Waals surface area contributed by atoms with Crippen LogP contribution in [-0.4, -0.2) is 18.3 Å². The number of halogens is 3. The van der Waals surface area contributed by atoms with Gasteiger partial charge in [-0.15, -0.1) is 0 Å². The van der Waals surface area contributed by atoms with Gasteiger partial charge in [-0.1, -0.05) is 18.6 Å². The summed E-state index contributed by atoms with van der Waals surface area (Å²) in [6.45, 7) is 0. The van der Waals surface area contributed by atoms with Crippen LogP contribution >= 0.6 is 0 Å². The zero-order valence-electron chi connectivity index (χ0n) is 9.97. The Labute approximate surface area is 100 Å². The average molecular weight is 247 g/mol. The first-order chi connectivity index (χ1) is 8.05. The third kappa shape index (κ3) is 3.73. The summed E-state index contributed by atoms with van der Waals surface area (Å²) in [6.07, 6.45) is 5.52. The summed E-state index contributed by atoms with van der Waals surface area (Å²) in [6, 6.07) is 0.448. The highest BCUT2D eigenvalue weighted by molar-refractivity contribution is 4.94. The van der Waals surface area contributed by atoms with Crippen molar-refractivity contribution in [1.29, 1.82) is 0 Å². The second kappa shape index (κ2) is 5.42. The van der Waals surface area contributed by atoms with Gasteiger partial charge in [0.1, 0.15) is 0 Å². The van der Waals surface area contributed by atoms with Crippen LogP contribution in [0.3, 0.4) is 0 Å². The fourth-order valence-electron chi connectivity index (χ4n) is 2.92. The summed E-state index contributed by atoms with van der Waals surface area (Å²) in [5.74, 6) is -1.09. The second-order valence-corrected chi connectivity index (χ2v) is 5.25. The molecule has 1 nitrogen and oxygen atoms in total. The summed E-state index contributed by atoms with van der Waals surface area (Å²) in [7, 11) is 0. The lowest BCUT2D eigenvalue weighted by atomic mass is 9.84. The van der Waals surface area contributed by atoms with Crippen LogP contribution in [0.1, 0.15) is 44.9 Å². The maximum Gasteiger partial charge on any atom is 0.391 e. The molecule has 1 fully saturated rings. The Morgan fingerprint density at radius 3 is 2.47 bits per heavy atom. The van der Waals surface area contributed by atoms with Crippen LogP contribution in [0.5, 0.6) is 0 Å². The van der Waals surface area contributed by atoms with E-state index >= 15 is 0 Å². The molecule has 1 saturated carbocycles. The van der Waals surface area contributed by atoms with Gasteiger partial charge in [0.25, 0.3) is 0 Å². The standard InChI is InChI=1S/C13H20F3N/c14-13(15,16)10-5-4-8-12(9-10)17-11-6-2-1-3-7-11/h1-2,10-12,17H,3-9H2. The summed E-state index contributed by atoms with van der Waals surface area (Å²) in [4.78, 5) is 0. The Morgan fingerprint density at radius 2 is 1.82 bits per heavy atom. The minimum absolute atomic E-state index is 0.0619. The largest absolute Gasteiger partial charge is 0.391 e. The zero-order chi connectivity index (χ0) is 12.3. The lowest BCUT2D eigenvalue weighted by Crippen LogP contribution is -2.43. The molecule has 0 aromatic heterocycles. The molecule has 17 heavy (non-hydrogen) atoms. The normalized spacial score (nSPS) is 34.9. The summed E-state index contributed by atoms with van der Waals surface area (Å²) < 4.78 is 38.0. The SMILES string of the molecule is FC(F)(F)C1CCCC(NC2CC=CCC2)C1. The first-order valence-electron chi connectivity index (χ1n) is 6.53. The summed E-state index contributed by atoms with van der Waals surface area (Å²) in [5, 5.41) is 3.41. The smallest absolute Gasteiger partial charge is 0.311 e. The lowest BCUT2D eigenvalue weighted by Gasteiger charge is -2.34. The van der Waals surface area contributed by atoms with E-state index < -0.39 is 12.1 Å². The molecule has 98 valence electrons. The molecule has 0 aliphatic heterocycles. The van der Waals surface area contributed by atoms with Crippen LogP contribution < -0.4 is 5.32 Å². The van der Waals surface area contributed by atoms with Gasteiger partial charge in [0.2, 0.25) is 0 Å². The van der Waals surface area contributed by atoms with Crippen molar-refractivity contribution in [2.75, 3.05) is 0 Å². The highest BCUT2D eigenvalue weighted by Crippen LogP contribution is 2.37. The first kappa shape index (κ1) is 12.9. The van der Waals surface area contributed by atoms with Crippen molar-refractivity contribution < 1.29 is 13.2 Å². The van der Waals surface area contributed by atoms with Gasteiger partial charge in [-0.05, 0) is 38.5 Å². The predicted molar refractivity (Wildman–Crippen MR) is 61.7 cm³/mol. The van der Waals surface area contributed by atoms with E-state index in [9.17, 15) is 13.2 Å². The molecular formula is C13H20F3N. The van der Waals surface area contributed by atoms with Gasteiger partial charge >= 0.3 is 6.18 Å². The van der Waals surface area contributed by atoms with E-state index in [4.69, 9.17) is 0 Å². The molecular weight excluding hydrogens is 227 g/mol. The monoisotopic (exact) mass is 247 g/mol. The van der Waals surface area contributed by atoms with Crippen LogP contribution in [0.15, 0.2) is 12.2 Å². The molecule has 1 N–H and O–H groups in total. The van der Waals surface area contributed by atoms with Crippen LogP contribution in [0, 0.1) is 5.92 Å². The van der Waals surface area contributed by atoms with Gasteiger partial charge < -0.3 is 5.32 Å². The topological polar surface area (TPSA) is 12.0 Å². The van der Waals surface area contributed by atoms with Crippen LogP contribution in [0.4, 0.5) is 13.2 Å². The molecule has 4 heteroatoms. The predicted octanol–water partition coefficient (Wildman–Crippen LogP) is 3.81. The highest BCUT2D eigenvalue weighted by atomic mass is 19.4. The molecule has 0 amide bonds. The number of alkyl halides is 3. The van der Waals surface area contributed by atoms with Gasteiger partial charge in [0.05, 0.1) is 5.92 Å². The fourth-order valence-corrected chi connectivity index (χ4v) is 2.92. The number of nitrogens with one attached hydrogen (secondary N) is 1. The summed E-state index contributed by atoms with van der Waals surface area (Å²) in [5.41, 5.74) is 0. The molecule has 0 radical (unpaired) electrons. The minimum atomic E-state index is -4.01. The van der Waals surface area contributed by atoms with Gasteiger partial charge in [-0.2, -0.15) is 13.2 Å². The zero-order valence-corrected chi connectivity index (χ0v) is 9.97. The molecule has 0 aromatic carbocycles. The van der Waals surface area contributed by atoms with Gasteiger partial charge in [0.15, 0.2) is 0 Å². The minimum Gasteiger partial charge on any atom is -0.311 e. The Morgan fingerprint density at radius 1 is 1.00 bits per heavy atom. The van der Waals surface area contributed by atoms with Crippen molar-refractivity contribution in [3.63, 3.8) is 0 Å². The van der Waals surface area contributed by atoms with Gasteiger partial charge in [-0.3, -0.25) is 0 Å². The van der Waals surface area contributed by atoms with Crippen molar-refractivity contribution in [1.82, 2.24) is 5.32 Å². The molecule has 0 aromatic rings. The number of rotatable bonds is 2. The van der Waals surface area contributed by atoms with E-state index in [0.717, 1.165) is 25.7 Å². The lowest BCUT2D eigenvalue weighted by molar-refractivity contribution is -0.183. The second-order valence-electron chi connectivity index (χ2n) is 5.25. The average Bonchev–Trinajstić information content (AvgIpc) is 2.29. The van der Waals surface area contributed by atoms with Crippen LogP contribution in [0.25, 0.3) is 0 Å². The fraction of sp³-hybridized carbons (Fsp3) is 0.846. The molecule has 0 spiro atoms. The maximum absolute atomic E-state index is 12.7. The first-order valence-corrected chi connectivity index (χ1v) is 6.53. The van der Waals surface area contributed by atoms with Crippen molar-refractivity contribution in [2.45, 2.75) is 63.2 Å². The molecule has 2 aliphatic rings. The third-order valence-corrected chi connectivity index (χ3v) is 3.88. The van der Waals surface area contributed by atoms with Crippen molar-refractivity contribution >= 4 is 0 Å². The van der Waals surface area contributed by atoms with E-state index in [1.165, 1.54) is 0 Å². The number of allylic oxidation sites excluding steroid dienone is 1. The van der Waals surface area contributed by atoms with Crippen LogP contribution in [0.2, 0.25) is 0 Å². The van der Waals surface area contributed by atoms with Crippen molar-refractivity contribution in [2.24, 2.45) is 5.92 Å². The molecule has 0 heterocycles. The summed E-state index contributed by atoms with van der Waals surface area (Å²) >= 11 is 0. The highest BCUT2D eigenvalue weighted by Gasteiger charge is 2.42. The Bertz CT molecular complexity index is 272. The van der Waals surface area contributed by atoms with Crippen molar-refractivity contribution in [3.05, 3.63) is 12.2 Å². The van der Waals surface area contributed by atoms with E-state index in [-0.39, 0.29) is 12.5 Å². The molecule has 0 saturated heterocycles. The van der Waals surface area contributed by atoms with E-state index in [2.05, 4.69) is 17.5 Å². The molecule has 2 aliphatic carbocycles. The molecule has 2 rings (SSSR count). The maximum atomic E-state index is 12.7. The molecule has 0 bridgehead atoms. The van der Waals surface area contributed by atoms with Crippen LogP contribution in [-0.2, 0) is 0 Å². The molecule has 3 unspecified atom stereocenters. The Hall–Kier alpha value is -0.510. The quantitative estimate of drug-likeness (QED) is 0.732. The van der Waals surface area contributed by atoms with E-state index in [1.54, 1.807) is 0 Å².